The standard InChI is InChI=1S/C13H12ClNO/c1-9-4-5-15-7-12(9)10-2-3-13(14)11(6-10)8-16/h2-7,16H,8H2,1H3. The summed E-state index contributed by atoms with van der Waals surface area (Å²) >= 11 is 5.95. The Hall–Kier alpha value is -1.38. The lowest BCUT2D eigenvalue weighted by molar-refractivity contribution is 0.282. The molecule has 0 aliphatic heterocycles. The fourth-order valence-corrected chi connectivity index (χ4v) is 1.81. The Morgan fingerprint density at radius 2 is 2.12 bits per heavy atom. The van der Waals surface area contributed by atoms with Gasteiger partial charge in [-0.05, 0) is 41.8 Å². The van der Waals surface area contributed by atoms with Crippen molar-refractivity contribution in [2.45, 2.75) is 13.5 Å². The highest BCUT2D eigenvalue weighted by Crippen LogP contribution is 2.26. The minimum atomic E-state index is -0.0496. The van der Waals surface area contributed by atoms with Crippen LogP contribution in [0.1, 0.15) is 11.1 Å². The zero-order chi connectivity index (χ0) is 11.5. The summed E-state index contributed by atoms with van der Waals surface area (Å²) in [5, 5.41) is 9.75. The van der Waals surface area contributed by atoms with Gasteiger partial charge in [0, 0.05) is 23.0 Å². The number of benzene rings is 1. The molecule has 3 heteroatoms. The Kier molecular flexibility index (Phi) is 3.22. The predicted molar refractivity (Wildman–Crippen MR) is 65.3 cm³/mol. The second-order valence-corrected chi connectivity index (χ2v) is 4.06. The molecule has 2 nitrogen and oxygen atoms in total. The van der Waals surface area contributed by atoms with Crippen LogP contribution in [0.3, 0.4) is 0 Å². The van der Waals surface area contributed by atoms with Crippen LogP contribution in [0, 0.1) is 6.92 Å². The number of aliphatic hydroxyl groups excluding tert-OH is 1. The van der Waals surface area contributed by atoms with Crippen LogP contribution in [-0.4, -0.2) is 10.1 Å². The molecule has 0 unspecified atom stereocenters. The topological polar surface area (TPSA) is 33.1 Å². The Balaban J connectivity index is 2.53. The highest BCUT2D eigenvalue weighted by molar-refractivity contribution is 6.31. The van der Waals surface area contributed by atoms with Crippen molar-refractivity contribution in [1.82, 2.24) is 4.98 Å². The van der Waals surface area contributed by atoms with Crippen LogP contribution in [0.25, 0.3) is 11.1 Å². The normalized spacial score (nSPS) is 10.4. The third-order valence-electron chi connectivity index (χ3n) is 2.57. The van der Waals surface area contributed by atoms with Crippen molar-refractivity contribution < 1.29 is 5.11 Å². The van der Waals surface area contributed by atoms with Gasteiger partial charge < -0.3 is 5.11 Å². The van der Waals surface area contributed by atoms with E-state index in [0.717, 1.165) is 22.3 Å². The van der Waals surface area contributed by atoms with Crippen LogP contribution >= 0.6 is 11.6 Å². The molecule has 1 aromatic heterocycles. The molecule has 0 amide bonds. The van der Waals surface area contributed by atoms with E-state index < -0.39 is 0 Å². The van der Waals surface area contributed by atoms with E-state index in [1.807, 2.05) is 31.3 Å². The summed E-state index contributed by atoms with van der Waals surface area (Å²) in [6.45, 7) is 1.98. The first kappa shape index (κ1) is 11.1. The molecule has 1 heterocycles. The third kappa shape index (κ3) is 2.08. The lowest BCUT2D eigenvalue weighted by Crippen LogP contribution is -1.89. The number of hydrogen-bond acceptors (Lipinski definition) is 2. The van der Waals surface area contributed by atoms with Crippen LogP contribution in [0.5, 0.6) is 0 Å². The number of pyridine rings is 1. The molecule has 0 spiro atoms. The summed E-state index contributed by atoms with van der Waals surface area (Å²) in [4.78, 5) is 4.10. The number of aliphatic hydroxyl groups is 1. The first-order valence-corrected chi connectivity index (χ1v) is 5.40. The second kappa shape index (κ2) is 4.64. The van der Waals surface area contributed by atoms with Gasteiger partial charge in [-0.15, -0.1) is 0 Å². The number of nitrogens with zero attached hydrogens (tertiary/aromatic N) is 1. The van der Waals surface area contributed by atoms with Crippen LogP contribution in [0.2, 0.25) is 5.02 Å². The number of aromatic nitrogens is 1. The maximum Gasteiger partial charge on any atom is 0.0696 e. The number of aryl methyl sites for hydroxylation is 1. The van der Waals surface area contributed by atoms with E-state index in [1.165, 1.54) is 0 Å². The maximum absolute atomic E-state index is 9.16. The summed E-state index contributed by atoms with van der Waals surface area (Å²) in [7, 11) is 0. The predicted octanol–water partition coefficient (Wildman–Crippen LogP) is 3.20. The molecule has 0 aliphatic rings. The third-order valence-corrected chi connectivity index (χ3v) is 2.93. The van der Waals surface area contributed by atoms with Crippen molar-refractivity contribution in [2.75, 3.05) is 0 Å². The fraction of sp³-hybridized carbons (Fsp3) is 0.154. The molecule has 0 radical (unpaired) electrons. The van der Waals surface area contributed by atoms with Gasteiger partial charge in [0.05, 0.1) is 6.61 Å². The van der Waals surface area contributed by atoms with E-state index in [-0.39, 0.29) is 6.61 Å². The highest BCUT2D eigenvalue weighted by Gasteiger charge is 2.05. The van der Waals surface area contributed by atoms with Gasteiger partial charge in [-0.1, -0.05) is 17.7 Å². The smallest absolute Gasteiger partial charge is 0.0696 e. The number of halogens is 1. The van der Waals surface area contributed by atoms with Gasteiger partial charge in [-0.2, -0.15) is 0 Å². The Morgan fingerprint density at radius 1 is 1.31 bits per heavy atom. The van der Waals surface area contributed by atoms with Crippen molar-refractivity contribution in [3.8, 4) is 11.1 Å². The average Bonchev–Trinajstić information content (AvgIpc) is 2.31. The van der Waals surface area contributed by atoms with Crippen LogP contribution in [0.15, 0.2) is 36.7 Å². The average molecular weight is 234 g/mol. The zero-order valence-corrected chi connectivity index (χ0v) is 9.70. The minimum Gasteiger partial charge on any atom is -0.392 e. The van der Waals surface area contributed by atoms with Gasteiger partial charge in [0.15, 0.2) is 0 Å². The SMILES string of the molecule is Cc1ccncc1-c1ccc(Cl)c(CO)c1. The highest BCUT2D eigenvalue weighted by atomic mass is 35.5. The lowest BCUT2D eigenvalue weighted by atomic mass is 10.0. The van der Waals surface area contributed by atoms with E-state index in [0.29, 0.717) is 5.02 Å². The van der Waals surface area contributed by atoms with E-state index >= 15 is 0 Å². The number of rotatable bonds is 2. The van der Waals surface area contributed by atoms with E-state index in [4.69, 9.17) is 16.7 Å². The molecule has 0 saturated carbocycles. The van der Waals surface area contributed by atoms with E-state index in [9.17, 15) is 0 Å². The molecule has 0 aliphatic carbocycles. The summed E-state index contributed by atoms with van der Waals surface area (Å²) < 4.78 is 0. The molecule has 2 rings (SSSR count). The quantitative estimate of drug-likeness (QED) is 0.864. The Labute approximate surface area is 99.5 Å². The number of hydrogen-bond donors (Lipinski definition) is 1. The molecule has 0 saturated heterocycles. The summed E-state index contributed by atoms with van der Waals surface area (Å²) in [5.41, 5.74) is 3.98. The molecular weight excluding hydrogens is 222 g/mol. The largest absolute Gasteiger partial charge is 0.392 e. The first-order chi connectivity index (χ1) is 7.72. The molecule has 1 N–H and O–H groups in total. The van der Waals surface area contributed by atoms with E-state index in [2.05, 4.69) is 4.98 Å². The van der Waals surface area contributed by atoms with Gasteiger partial charge >= 0.3 is 0 Å². The monoisotopic (exact) mass is 233 g/mol. The zero-order valence-electron chi connectivity index (χ0n) is 8.94. The van der Waals surface area contributed by atoms with Crippen molar-refractivity contribution in [3.63, 3.8) is 0 Å². The van der Waals surface area contributed by atoms with Crippen molar-refractivity contribution in [2.24, 2.45) is 0 Å². The van der Waals surface area contributed by atoms with Crippen molar-refractivity contribution in [1.29, 1.82) is 0 Å². The molecule has 82 valence electrons. The van der Waals surface area contributed by atoms with E-state index in [1.54, 1.807) is 12.3 Å². The van der Waals surface area contributed by atoms with Crippen LogP contribution in [0.4, 0.5) is 0 Å². The molecule has 2 aromatic rings. The van der Waals surface area contributed by atoms with Gasteiger partial charge in [0.1, 0.15) is 0 Å². The first-order valence-electron chi connectivity index (χ1n) is 5.02. The molecular formula is C13H12ClNO. The summed E-state index contributed by atoms with van der Waals surface area (Å²) in [6, 6.07) is 7.59. The summed E-state index contributed by atoms with van der Waals surface area (Å²) in [5.74, 6) is 0. The van der Waals surface area contributed by atoms with Gasteiger partial charge in [0.25, 0.3) is 0 Å². The second-order valence-electron chi connectivity index (χ2n) is 3.65. The van der Waals surface area contributed by atoms with Gasteiger partial charge in [-0.25, -0.2) is 0 Å². The lowest BCUT2D eigenvalue weighted by Gasteiger charge is -2.07. The molecule has 0 fully saturated rings. The van der Waals surface area contributed by atoms with Crippen molar-refractivity contribution >= 4 is 11.6 Å². The maximum atomic E-state index is 9.16. The van der Waals surface area contributed by atoms with Crippen LogP contribution < -0.4 is 0 Å². The fourth-order valence-electron chi connectivity index (χ4n) is 1.63. The molecule has 1 aromatic carbocycles. The molecule has 16 heavy (non-hydrogen) atoms. The Morgan fingerprint density at radius 3 is 2.81 bits per heavy atom. The molecule has 0 atom stereocenters. The summed E-state index contributed by atoms with van der Waals surface area (Å²) in [6.07, 6.45) is 3.58. The molecule has 0 bridgehead atoms. The van der Waals surface area contributed by atoms with Crippen LogP contribution in [-0.2, 0) is 6.61 Å². The van der Waals surface area contributed by atoms with Crippen molar-refractivity contribution in [3.05, 3.63) is 52.8 Å². The minimum absolute atomic E-state index is 0.0496. The Bertz CT molecular complexity index is 511. The van der Waals surface area contributed by atoms with Gasteiger partial charge in [0.2, 0.25) is 0 Å². The van der Waals surface area contributed by atoms with Gasteiger partial charge in [-0.3, -0.25) is 4.98 Å².